The molecule has 0 fully saturated rings. The van der Waals surface area contributed by atoms with E-state index < -0.39 is 0 Å². The van der Waals surface area contributed by atoms with Crippen LogP contribution in [0.15, 0.2) is 41.1 Å². The largest absolute Gasteiger partial charge is 0.345 e. The summed E-state index contributed by atoms with van der Waals surface area (Å²) in [7, 11) is 0. The van der Waals surface area contributed by atoms with Crippen LogP contribution in [0.5, 0.6) is 0 Å². The van der Waals surface area contributed by atoms with Crippen molar-refractivity contribution >= 4 is 28.3 Å². The zero-order chi connectivity index (χ0) is 11.7. The maximum atomic E-state index is 12.0. The van der Waals surface area contributed by atoms with Crippen LogP contribution in [0.4, 0.5) is 0 Å². The average molecular weight is 244 g/mol. The summed E-state index contributed by atoms with van der Waals surface area (Å²) in [5.41, 5.74) is 1.23. The molecule has 0 saturated carbocycles. The number of rotatable bonds is 1. The summed E-state index contributed by atoms with van der Waals surface area (Å²) in [5, 5.41) is 2.63. The Morgan fingerprint density at radius 2 is 2.35 bits per heavy atom. The lowest BCUT2D eigenvalue weighted by Crippen LogP contribution is -2.04. The van der Waals surface area contributed by atoms with Crippen molar-refractivity contribution in [3.8, 4) is 0 Å². The van der Waals surface area contributed by atoms with Gasteiger partial charge in [-0.1, -0.05) is 0 Å². The van der Waals surface area contributed by atoms with Crippen LogP contribution in [-0.4, -0.2) is 20.9 Å². The highest BCUT2D eigenvalue weighted by atomic mass is 32.1. The van der Waals surface area contributed by atoms with Gasteiger partial charge in [0.25, 0.3) is 5.91 Å². The Balaban J connectivity index is 2.11. The fourth-order valence-electron chi connectivity index (χ4n) is 1.58. The molecule has 3 rings (SSSR count). The summed E-state index contributed by atoms with van der Waals surface area (Å²) in [4.78, 5) is 26.5. The fourth-order valence-corrected chi connectivity index (χ4v) is 2.12. The molecule has 3 heterocycles. The molecule has 2 N–H and O–H groups in total. The highest BCUT2D eigenvalue weighted by Gasteiger charge is 2.10. The molecule has 0 unspecified atom stereocenters. The summed E-state index contributed by atoms with van der Waals surface area (Å²) in [6.07, 6.45) is 5.06. The number of carbonyl (C=O) groups is 1. The summed E-state index contributed by atoms with van der Waals surface area (Å²) in [6.45, 7) is 0. The number of hydrogen-bond donors (Lipinski definition) is 2. The monoisotopic (exact) mass is 244 g/mol. The van der Waals surface area contributed by atoms with Crippen LogP contribution >= 0.6 is 11.3 Å². The molecule has 0 aromatic carbocycles. The standard InChI is InChI=1S/C11H8N4OS/c16-10(15-11-13-4-5-17-11)8-6-14-9-7(8)2-1-3-12-9/h1-6H,(H,12,14)(H,13,15,16). The van der Waals surface area contributed by atoms with Crippen LogP contribution in [0.3, 0.4) is 0 Å². The molecule has 0 aliphatic rings. The van der Waals surface area contributed by atoms with Crippen LogP contribution in [-0.2, 0) is 0 Å². The van der Waals surface area contributed by atoms with E-state index in [2.05, 4.69) is 19.9 Å². The van der Waals surface area contributed by atoms with E-state index in [0.717, 1.165) is 5.39 Å². The zero-order valence-electron chi connectivity index (χ0n) is 8.68. The Morgan fingerprint density at radius 1 is 1.41 bits per heavy atom. The van der Waals surface area contributed by atoms with Crippen LogP contribution < -0.4 is 4.80 Å². The number of pyridine rings is 1. The Bertz CT molecular complexity index is 720. The van der Waals surface area contributed by atoms with Crippen molar-refractivity contribution in [1.82, 2.24) is 15.0 Å². The Hall–Kier alpha value is -2.21. The molecular weight excluding hydrogens is 236 g/mol. The molecular formula is C11H8N4OS. The van der Waals surface area contributed by atoms with E-state index in [0.29, 0.717) is 16.0 Å². The molecule has 0 spiro atoms. The maximum absolute atomic E-state index is 12.0. The van der Waals surface area contributed by atoms with E-state index in [1.165, 1.54) is 11.3 Å². The van der Waals surface area contributed by atoms with E-state index in [4.69, 9.17) is 0 Å². The van der Waals surface area contributed by atoms with E-state index in [1.54, 1.807) is 24.7 Å². The second kappa shape index (κ2) is 3.99. The second-order valence-electron chi connectivity index (χ2n) is 3.39. The highest BCUT2D eigenvalue weighted by Crippen LogP contribution is 2.16. The topological polar surface area (TPSA) is 73.9 Å². The third-order valence-corrected chi connectivity index (χ3v) is 3.04. The van der Waals surface area contributed by atoms with Gasteiger partial charge in [-0.25, -0.2) is 4.98 Å². The summed E-state index contributed by atoms with van der Waals surface area (Å²) >= 11 is 1.39. The molecule has 6 heteroatoms. The first-order valence-electron chi connectivity index (χ1n) is 4.98. The predicted molar refractivity (Wildman–Crippen MR) is 64.7 cm³/mol. The van der Waals surface area contributed by atoms with Gasteiger partial charge in [-0.15, -0.1) is 11.3 Å². The van der Waals surface area contributed by atoms with Gasteiger partial charge >= 0.3 is 0 Å². The van der Waals surface area contributed by atoms with E-state index >= 15 is 0 Å². The lowest BCUT2D eigenvalue weighted by molar-refractivity contribution is 0.1000. The third-order valence-electron chi connectivity index (χ3n) is 2.34. The van der Waals surface area contributed by atoms with Gasteiger partial charge in [0.2, 0.25) is 0 Å². The summed E-state index contributed by atoms with van der Waals surface area (Å²) < 4.78 is 0. The first-order chi connectivity index (χ1) is 8.34. The first-order valence-corrected chi connectivity index (χ1v) is 5.86. The van der Waals surface area contributed by atoms with Gasteiger partial charge in [-0.3, -0.25) is 4.79 Å². The predicted octanol–water partition coefficient (Wildman–Crippen LogP) is 1.69. The second-order valence-corrected chi connectivity index (χ2v) is 4.28. The van der Waals surface area contributed by atoms with Crippen molar-refractivity contribution in [1.29, 1.82) is 0 Å². The number of H-pyrrole nitrogens is 2. The Labute approximate surface area is 99.9 Å². The molecule has 0 aliphatic carbocycles. The molecule has 0 saturated heterocycles. The average Bonchev–Trinajstić information content (AvgIpc) is 2.96. The van der Waals surface area contributed by atoms with Crippen molar-refractivity contribution in [2.45, 2.75) is 0 Å². The van der Waals surface area contributed by atoms with Crippen LogP contribution in [0.25, 0.3) is 11.0 Å². The fraction of sp³-hybridized carbons (Fsp3) is 0. The van der Waals surface area contributed by atoms with Crippen molar-refractivity contribution in [2.24, 2.45) is 4.99 Å². The molecule has 17 heavy (non-hydrogen) atoms. The van der Waals surface area contributed by atoms with E-state index in [9.17, 15) is 4.79 Å². The van der Waals surface area contributed by atoms with E-state index in [-0.39, 0.29) is 5.91 Å². The molecule has 84 valence electrons. The van der Waals surface area contributed by atoms with Gasteiger partial charge in [0.05, 0.1) is 5.56 Å². The van der Waals surface area contributed by atoms with Crippen molar-refractivity contribution in [2.75, 3.05) is 0 Å². The molecule has 5 nitrogen and oxygen atoms in total. The van der Waals surface area contributed by atoms with Gasteiger partial charge in [0.1, 0.15) is 5.65 Å². The molecule has 0 atom stereocenters. The number of aromatic nitrogens is 3. The molecule has 0 aliphatic heterocycles. The van der Waals surface area contributed by atoms with Crippen molar-refractivity contribution < 1.29 is 4.79 Å². The zero-order valence-corrected chi connectivity index (χ0v) is 9.49. The van der Waals surface area contributed by atoms with Gasteiger partial charge in [-0.05, 0) is 12.1 Å². The Morgan fingerprint density at radius 3 is 3.18 bits per heavy atom. The SMILES string of the molecule is O=C(N=c1[nH]ccs1)c1c[nH]c2ncccc12. The van der Waals surface area contributed by atoms with Crippen molar-refractivity contribution in [3.63, 3.8) is 0 Å². The van der Waals surface area contributed by atoms with Gasteiger partial charge < -0.3 is 9.97 Å². The van der Waals surface area contributed by atoms with Gasteiger partial charge in [-0.2, -0.15) is 4.99 Å². The third kappa shape index (κ3) is 1.78. The normalized spacial score (nSPS) is 12.1. The van der Waals surface area contributed by atoms with Gasteiger partial charge in [0.15, 0.2) is 4.80 Å². The summed E-state index contributed by atoms with van der Waals surface area (Å²) in [5.74, 6) is -0.275. The molecule has 3 aromatic heterocycles. The van der Waals surface area contributed by atoms with Crippen LogP contribution in [0.2, 0.25) is 0 Å². The quantitative estimate of drug-likeness (QED) is 0.683. The van der Waals surface area contributed by atoms with Crippen LogP contribution in [0, 0.1) is 0 Å². The minimum Gasteiger partial charge on any atom is -0.345 e. The number of thiazole rings is 1. The van der Waals surface area contributed by atoms with Gasteiger partial charge in [0, 0.05) is 29.4 Å². The number of hydrogen-bond acceptors (Lipinski definition) is 3. The molecule has 0 bridgehead atoms. The van der Waals surface area contributed by atoms with Crippen molar-refractivity contribution in [3.05, 3.63) is 46.5 Å². The number of fused-ring (bicyclic) bond motifs is 1. The maximum Gasteiger partial charge on any atom is 0.281 e. The number of aromatic amines is 2. The number of nitrogens with zero attached hydrogens (tertiary/aromatic N) is 2. The molecule has 1 amide bonds. The van der Waals surface area contributed by atoms with E-state index in [1.807, 2.05) is 11.4 Å². The first kappa shape index (κ1) is 9.98. The minimum absolute atomic E-state index is 0.275. The number of nitrogens with one attached hydrogen (secondary N) is 2. The summed E-state index contributed by atoms with van der Waals surface area (Å²) in [6, 6.07) is 3.64. The number of amides is 1. The Kier molecular flexibility index (Phi) is 2.34. The van der Waals surface area contributed by atoms with Crippen LogP contribution in [0.1, 0.15) is 10.4 Å². The molecule has 0 radical (unpaired) electrons. The lowest BCUT2D eigenvalue weighted by Gasteiger charge is -1.90. The minimum atomic E-state index is -0.275. The smallest absolute Gasteiger partial charge is 0.281 e. The molecule has 3 aromatic rings. The highest BCUT2D eigenvalue weighted by molar-refractivity contribution is 7.07. The lowest BCUT2D eigenvalue weighted by atomic mass is 10.2. The number of carbonyl (C=O) groups excluding carboxylic acids is 1.